The highest BCUT2D eigenvalue weighted by atomic mass is 16.5. The molecule has 0 bridgehead atoms. The molecule has 2 unspecified atom stereocenters. The van der Waals surface area contributed by atoms with E-state index in [-0.39, 0.29) is 0 Å². The largest absolute Gasteiger partial charge is 0.490 e. The molecule has 0 heterocycles. The second kappa shape index (κ2) is 7.54. The fourth-order valence-electron chi connectivity index (χ4n) is 2.82. The highest BCUT2D eigenvalue weighted by molar-refractivity contribution is 5.27. The Kier molecular flexibility index (Phi) is 5.71. The Hall–Kier alpha value is -1.02. The van der Waals surface area contributed by atoms with Crippen LogP contribution in [0, 0.1) is 0 Å². The first-order valence-electron chi connectivity index (χ1n) is 7.74. The van der Waals surface area contributed by atoms with Crippen LogP contribution in [0.15, 0.2) is 24.3 Å². The van der Waals surface area contributed by atoms with Gasteiger partial charge >= 0.3 is 0 Å². The Morgan fingerprint density at radius 2 is 2.00 bits per heavy atom. The molecule has 19 heavy (non-hydrogen) atoms. The Labute approximate surface area is 117 Å². The summed E-state index contributed by atoms with van der Waals surface area (Å²) in [6.45, 7) is 2.23. The molecule has 106 valence electrons. The third-order valence-electron chi connectivity index (χ3n) is 4.08. The van der Waals surface area contributed by atoms with Gasteiger partial charge in [-0.25, -0.2) is 0 Å². The van der Waals surface area contributed by atoms with Crippen LogP contribution in [0.1, 0.15) is 51.0 Å². The lowest BCUT2D eigenvalue weighted by atomic mass is 9.93. The molecule has 0 amide bonds. The molecule has 2 heteroatoms. The van der Waals surface area contributed by atoms with Gasteiger partial charge in [0.15, 0.2) is 0 Å². The maximum absolute atomic E-state index is 6.11. The van der Waals surface area contributed by atoms with Crippen molar-refractivity contribution >= 4 is 0 Å². The van der Waals surface area contributed by atoms with Crippen molar-refractivity contribution in [1.82, 2.24) is 5.32 Å². The van der Waals surface area contributed by atoms with Crippen molar-refractivity contribution in [3.63, 3.8) is 0 Å². The van der Waals surface area contributed by atoms with Gasteiger partial charge in [0.1, 0.15) is 11.9 Å². The summed E-state index contributed by atoms with van der Waals surface area (Å²) >= 11 is 0. The Balaban J connectivity index is 1.85. The maximum Gasteiger partial charge on any atom is 0.119 e. The zero-order chi connectivity index (χ0) is 13.5. The number of hydrogen-bond acceptors (Lipinski definition) is 2. The number of unbranched alkanes of at least 4 members (excludes halogenated alkanes) is 1. The van der Waals surface area contributed by atoms with Gasteiger partial charge in [-0.2, -0.15) is 0 Å². The fourth-order valence-corrected chi connectivity index (χ4v) is 2.82. The van der Waals surface area contributed by atoms with E-state index in [0.29, 0.717) is 12.1 Å². The average Bonchev–Trinajstić information content (AvgIpc) is 2.47. The Morgan fingerprint density at radius 1 is 1.21 bits per heavy atom. The third kappa shape index (κ3) is 4.54. The molecule has 2 atom stereocenters. The molecule has 0 spiro atoms. The van der Waals surface area contributed by atoms with E-state index in [0.717, 1.165) is 12.2 Å². The van der Waals surface area contributed by atoms with Gasteiger partial charge in [0.25, 0.3) is 0 Å². The van der Waals surface area contributed by atoms with Crippen LogP contribution < -0.4 is 10.1 Å². The van der Waals surface area contributed by atoms with Gasteiger partial charge in [-0.1, -0.05) is 25.5 Å². The molecule has 1 aromatic rings. The molecule has 0 aliphatic heterocycles. The van der Waals surface area contributed by atoms with Crippen molar-refractivity contribution in [1.29, 1.82) is 0 Å². The van der Waals surface area contributed by atoms with E-state index in [9.17, 15) is 0 Å². The summed E-state index contributed by atoms with van der Waals surface area (Å²) in [6, 6.07) is 9.32. The molecular formula is C17H27NO. The summed E-state index contributed by atoms with van der Waals surface area (Å²) in [5, 5.41) is 3.37. The lowest BCUT2D eigenvalue weighted by Crippen LogP contribution is -2.36. The standard InChI is InChI=1S/C17H27NO/c1-3-4-6-14-9-11-16(12-10-14)19-17-8-5-7-15(13-17)18-2/h9-12,15,17-18H,3-8,13H2,1-2H3. The SMILES string of the molecule is CCCCc1ccc(OC2CCCC(NC)C2)cc1. The van der Waals surface area contributed by atoms with Crippen molar-refractivity contribution < 1.29 is 4.74 Å². The molecule has 0 aromatic heterocycles. The fraction of sp³-hybridized carbons (Fsp3) is 0.647. The van der Waals surface area contributed by atoms with Crippen LogP contribution in [0.3, 0.4) is 0 Å². The molecule has 1 aromatic carbocycles. The number of rotatable bonds is 6. The molecule has 1 aliphatic rings. The van der Waals surface area contributed by atoms with Gasteiger partial charge in [-0.3, -0.25) is 0 Å². The van der Waals surface area contributed by atoms with Crippen molar-refractivity contribution in [2.24, 2.45) is 0 Å². The summed E-state index contributed by atoms with van der Waals surface area (Å²) in [5.41, 5.74) is 1.42. The van der Waals surface area contributed by atoms with Crippen LogP contribution in [0.4, 0.5) is 0 Å². The van der Waals surface area contributed by atoms with Gasteiger partial charge in [-0.15, -0.1) is 0 Å². The van der Waals surface area contributed by atoms with E-state index in [1.165, 1.54) is 44.1 Å². The van der Waals surface area contributed by atoms with Gasteiger partial charge in [0.05, 0.1) is 0 Å². The van der Waals surface area contributed by atoms with Gasteiger partial charge in [0, 0.05) is 6.04 Å². The minimum absolute atomic E-state index is 0.382. The van der Waals surface area contributed by atoms with Crippen molar-refractivity contribution in [3.8, 4) is 5.75 Å². The first-order valence-corrected chi connectivity index (χ1v) is 7.74. The molecule has 1 aliphatic carbocycles. The van der Waals surface area contributed by atoms with E-state index < -0.39 is 0 Å². The monoisotopic (exact) mass is 261 g/mol. The first-order chi connectivity index (χ1) is 9.31. The normalized spacial score (nSPS) is 23.3. The first kappa shape index (κ1) is 14.4. The van der Waals surface area contributed by atoms with Crippen molar-refractivity contribution in [3.05, 3.63) is 29.8 Å². The summed E-state index contributed by atoms with van der Waals surface area (Å²) in [7, 11) is 2.05. The van der Waals surface area contributed by atoms with Crippen LogP contribution in [-0.4, -0.2) is 19.2 Å². The van der Waals surface area contributed by atoms with E-state index in [2.05, 4.69) is 43.6 Å². The number of hydrogen-bond donors (Lipinski definition) is 1. The minimum atomic E-state index is 0.382. The summed E-state index contributed by atoms with van der Waals surface area (Å²) in [5.74, 6) is 1.03. The molecule has 2 rings (SSSR count). The van der Waals surface area contributed by atoms with E-state index >= 15 is 0 Å². The lowest BCUT2D eigenvalue weighted by molar-refractivity contribution is 0.137. The second-order valence-electron chi connectivity index (χ2n) is 5.64. The zero-order valence-electron chi connectivity index (χ0n) is 12.3. The predicted molar refractivity (Wildman–Crippen MR) is 80.8 cm³/mol. The Bertz CT molecular complexity index is 360. The molecule has 1 fully saturated rings. The lowest BCUT2D eigenvalue weighted by Gasteiger charge is -2.29. The third-order valence-corrected chi connectivity index (χ3v) is 4.08. The van der Waals surface area contributed by atoms with E-state index in [1.54, 1.807) is 0 Å². The van der Waals surface area contributed by atoms with Crippen molar-refractivity contribution in [2.75, 3.05) is 7.05 Å². The zero-order valence-corrected chi connectivity index (χ0v) is 12.3. The number of aryl methyl sites for hydroxylation is 1. The molecule has 0 saturated heterocycles. The minimum Gasteiger partial charge on any atom is -0.490 e. The van der Waals surface area contributed by atoms with Gasteiger partial charge in [0.2, 0.25) is 0 Å². The van der Waals surface area contributed by atoms with Gasteiger partial charge in [-0.05, 0) is 63.3 Å². The molecule has 1 N–H and O–H groups in total. The summed E-state index contributed by atoms with van der Waals surface area (Å²) in [4.78, 5) is 0. The molecule has 2 nitrogen and oxygen atoms in total. The topological polar surface area (TPSA) is 21.3 Å². The van der Waals surface area contributed by atoms with Crippen LogP contribution in [-0.2, 0) is 6.42 Å². The summed E-state index contributed by atoms with van der Waals surface area (Å²) in [6.07, 6.45) is 8.97. The smallest absolute Gasteiger partial charge is 0.119 e. The number of nitrogens with one attached hydrogen (secondary N) is 1. The van der Waals surface area contributed by atoms with Crippen LogP contribution >= 0.6 is 0 Å². The Morgan fingerprint density at radius 3 is 2.68 bits per heavy atom. The quantitative estimate of drug-likeness (QED) is 0.837. The van der Waals surface area contributed by atoms with E-state index in [4.69, 9.17) is 4.74 Å². The van der Waals surface area contributed by atoms with Crippen LogP contribution in [0.5, 0.6) is 5.75 Å². The maximum atomic E-state index is 6.11. The van der Waals surface area contributed by atoms with Crippen LogP contribution in [0.25, 0.3) is 0 Å². The van der Waals surface area contributed by atoms with Crippen molar-refractivity contribution in [2.45, 2.75) is 64.0 Å². The average molecular weight is 261 g/mol. The van der Waals surface area contributed by atoms with Gasteiger partial charge < -0.3 is 10.1 Å². The highest BCUT2D eigenvalue weighted by Crippen LogP contribution is 2.24. The van der Waals surface area contributed by atoms with Crippen LogP contribution in [0.2, 0.25) is 0 Å². The molecule has 1 saturated carbocycles. The highest BCUT2D eigenvalue weighted by Gasteiger charge is 2.21. The predicted octanol–water partition coefficient (Wildman–Crippen LogP) is 3.94. The molecular weight excluding hydrogens is 234 g/mol. The summed E-state index contributed by atoms with van der Waals surface area (Å²) < 4.78 is 6.11. The molecule has 0 radical (unpaired) electrons. The second-order valence-corrected chi connectivity index (χ2v) is 5.64. The van der Waals surface area contributed by atoms with E-state index in [1.807, 2.05) is 0 Å². The number of ether oxygens (including phenoxy) is 1. The number of benzene rings is 1.